The van der Waals surface area contributed by atoms with Crippen LogP contribution in [0.3, 0.4) is 0 Å². The molecular formula is C18H20N4OS. The molecular weight excluding hydrogens is 320 g/mol. The number of aromatic amines is 1. The lowest BCUT2D eigenvalue weighted by molar-refractivity contribution is 0.483. The molecule has 0 unspecified atom stereocenters. The van der Waals surface area contributed by atoms with Gasteiger partial charge in [0.1, 0.15) is 5.69 Å². The van der Waals surface area contributed by atoms with Crippen LogP contribution in [0, 0.1) is 0 Å². The van der Waals surface area contributed by atoms with Crippen LogP contribution in [0.4, 0.5) is 0 Å². The van der Waals surface area contributed by atoms with Crippen molar-refractivity contribution < 1.29 is 0 Å². The van der Waals surface area contributed by atoms with Crippen LogP contribution in [0.5, 0.6) is 0 Å². The lowest BCUT2D eigenvalue weighted by atomic mass is 10.1. The summed E-state index contributed by atoms with van der Waals surface area (Å²) in [6.45, 7) is 0. The third kappa shape index (κ3) is 2.65. The van der Waals surface area contributed by atoms with E-state index in [-0.39, 0.29) is 5.56 Å². The van der Waals surface area contributed by atoms with Crippen LogP contribution >= 0.6 is 11.9 Å². The van der Waals surface area contributed by atoms with E-state index >= 15 is 0 Å². The Labute approximate surface area is 144 Å². The monoisotopic (exact) mass is 340 g/mol. The lowest BCUT2D eigenvalue weighted by Crippen LogP contribution is -2.08. The number of nitrogens with one attached hydrogen (secondary N) is 2. The molecule has 1 aliphatic carbocycles. The van der Waals surface area contributed by atoms with Gasteiger partial charge in [-0.1, -0.05) is 25.0 Å². The number of benzene rings is 1. The maximum Gasteiger partial charge on any atom is 0.259 e. The third-order valence-corrected chi connectivity index (χ3v) is 5.36. The molecule has 0 atom stereocenters. The van der Waals surface area contributed by atoms with E-state index in [9.17, 15) is 4.79 Å². The maximum atomic E-state index is 12.4. The van der Waals surface area contributed by atoms with E-state index in [0.717, 1.165) is 34.5 Å². The molecule has 1 saturated carbocycles. The average Bonchev–Trinajstić information content (AvgIpc) is 3.24. The lowest BCUT2D eigenvalue weighted by Gasteiger charge is -2.10. The molecule has 6 heteroatoms. The largest absolute Gasteiger partial charge is 0.328 e. The number of aromatic nitrogens is 3. The predicted octanol–water partition coefficient (Wildman–Crippen LogP) is 3.73. The van der Waals surface area contributed by atoms with Gasteiger partial charge in [-0.2, -0.15) is 5.10 Å². The van der Waals surface area contributed by atoms with Gasteiger partial charge < -0.3 is 4.98 Å². The van der Waals surface area contributed by atoms with Crippen LogP contribution in [0.1, 0.15) is 31.7 Å². The molecule has 0 radical (unpaired) electrons. The summed E-state index contributed by atoms with van der Waals surface area (Å²) in [5.41, 5.74) is 2.63. The standard InChI is InChI=1S/C18H20N4OS/c1-19-24-14-8-6-12(7-9-14)17-16-15(10-11-20-18(16)23)22(21-17)13-4-2-3-5-13/h6-11,13,19H,2-5H2,1H3,(H,20,23). The normalized spacial score (nSPS) is 15.4. The van der Waals surface area contributed by atoms with Gasteiger partial charge in [0.15, 0.2) is 0 Å². The topological polar surface area (TPSA) is 62.7 Å². The van der Waals surface area contributed by atoms with Crippen LogP contribution in [-0.2, 0) is 0 Å². The highest BCUT2D eigenvalue weighted by Gasteiger charge is 2.23. The molecule has 2 aromatic heterocycles. The van der Waals surface area contributed by atoms with E-state index in [2.05, 4.69) is 14.4 Å². The zero-order valence-electron chi connectivity index (χ0n) is 13.6. The summed E-state index contributed by atoms with van der Waals surface area (Å²) in [5, 5.41) is 5.55. The molecule has 5 nitrogen and oxygen atoms in total. The second-order valence-electron chi connectivity index (χ2n) is 6.13. The molecule has 1 aromatic carbocycles. The second-order valence-corrected chi connectivity index (χ2v) is 7.21. The molecule has 0 aliphatic heterocycles. The Hall–Kier alpha value is -2.05. The van der Waals surface area contributed by atoms with Crippen molar-refractivity contribution in [3.63, 3.8) is 0 Å². The highest BCUT2D eigenvalue weighted by atomic mass is 32.2. The zero-order chi connectivity index (χ0) is 16.5. The van der Waals surface area contributed by atoms with E-state index in [4.69, 9.17) is 5.10 Å². The predicted molar refractivity (Wildman–Crippen MR) is 98.2 cm³/mol. The van der Waals surface area contributed by atoms with Gasteiger partial charge >= 0.3 is 0 Å². The van der Waals surface area contributed by atoms with E-state index in [0.29, 0.717) is 11.4 Å². The number of nitrogens with zero attached hydrogens (tertiary/aromatic N) is 2. The minimum atomic E-state index is -0.0691. The van der Waals surface area contributed by atoms with Crippen molar-refractivity contribution >= 4 is 22.9 Å². The van der Waals surface area contributed by atoms with Crippen molar-refractivity contribution in [3.8, 4) is 11.3 Å². The minimum absolute atomic E-state index is 0.0691. The Balaban J connectivity index is 1.86. The molecule has 0 bridgehead atoms. The highest BCUT2D eigenvalue weighted by Crippen LogP contribution is 2.34. The van der Waals surface area contributed by atoms with E-state index in [1.807, 2.05) is 37.4 Å². The van der Waals surface area contributed by atoms with Crippen LogP contribution in [-0.4, -0.2) is 21.8 Å². The first-order chi connectivity index (χ1) is 11.8. The van der Waals surface area contributed by atoms with Crippen molar-refractivity contribution in [2.24, 2.45) is 0 Å². The van der Waals surface area contributed by atoms with Gasteiger partial charge in [0.25, 0.3) is 5.56 Å². The number of H-pyrrole nitrogens is 1. The van der Waals surface area contributed by atoms with Crippen molar-refractivity contribution in [1.82, 2.24) is 19.5 Å². The SMILES string of the molecule is CNSc1ccc(-c2nn(C3CCCC3)c3cc[nH]c(=O)c23)cc1. The fraction of sp³-hybridized carbons (Fsp3) is 0.333. The first kappa shape index (κ1) is 15.5. The molecule has 0 amide bonds. The summed E-state index contributed by atoms with van der Waals surface area (Å²) in [5.74, 6) is 0. The molecule has 4 rings (SSSR count). The number of rotatable bonds is 4. The van der Waals surface area contributed by atoms with Gasteiger partial charge in [-0.3, -0.25) is 14.2 Å². The molecule has 1 fully saturated rings. The molecule has 2 N–H and O–H groups in total. The summed E-state index contributed by atoms with van der Waals surface area (Å²) in [6.07, 6.45) is 6.47. The fourth-order valence-corrected chi connectivity index (χ4v) is 4.04. The summed E-state index contributed by atoms with van der Waals surface area (Å²) in [7, 11) is 1.90. The van der Waals surface area contributed by atoms with Crippen molar-refractivity contribution in [3.05, 3.63) is 46.9 Å². The first-order valence-electron chi connectivity index (χ1n) is 8.32. The summed E-state index contributed by atoms with van der Waals surface area (Å²) < 4.78 is 5.14. The average molecular weight is 340 g/mol. The van der Waals surface area contributed by atoms with Crippen LogP contribution in [0.25, 0.3) is 22.2 Å². The Morgan fingerprint density at radius 3 is 2.67 bits per heavy atom. The number of pyridine rings is 1. The molecule has 2 heterocycles. The Kier molecular flexibility index (Phi) is 4.16. The van der Waals surface area contributed by atoms with Crippen LogP contribution < -0.4 is 10.3 Å². The highest BCUT2D eigenvalue weighted by molar-refractivity contribution is 7.97. The van der Waals surface area contributed by atoms with Crippen molar-refractivity contribution in [2.75, 3.05) is 7.05 Å². The van der Waals surface area contributed by atoms with Gasteiger partial charge in [-0.05, 0) is 50.0 Å². The second kappa shape index (κ2) is 6.45. The van der Waals surface area contributed by atoms with Crippen LogP contribution in [0.2, 0.25) is 0 Å². The molecule has 124 valence electrons. The summed E-state index contributed by atoms with van der Waals surface area (Å²) in [4.78, 5) is 16.4. The van der Waals surface area contributed by atoms with Crippen molar-refractivity contribution in [2.45, 2.75) is 36.6 Å². The van der Waals surface area contributed by atoms with Gasteiger partial charge in [0.05, 0.1) is 16.9 Å². The van der Waals surface area contributed by atoms with Gasteiger partial charge in [0, 0.05) is 16.7 Å². The van der Waals surface area contributed by atoms with Crippen LogP contribution in [0.15, 0.2) is 46.2 Å². The fourth-order valence-electron chi connectivity index (χ4n) is 3.53. The smallest absolute Gasteiger partial charge is 0.259 e. The zero-order valence-corrected chi connectivity index (χ0v) is 14.4. The minimum Gasteiger partial charge on any atom is -0.328 e. The Morgan fingerprint density at radius 2 is 1.96 bits per heavy atom. The molecule has 24 heavy (non-hydrogen) atoms. The summed E-state index contributed by atoms with van der Waals surface area (Å²) >= 11 is 1.57. The Morgan fingerprint density at radius 1 is 1.21 bits per heavy atom. The molecule has 3 aromatic rings. The van der Waals surface area contributed by atoms with Gasteiger partial charge in [-0.25, -0.2) is 0 Å². The summed E-state index contributed by atoms with van der Waals surface area (Å²) in [6, 6.07) is 10.5. The quantitative estimate of drug-likeness (QED) is 0.710. The van der Waals surface area contributed by atoms with Crippen molar-refractivity contribution in [1.29, 1.82) is 0 Å². The molecule has 0 spiro atoms. The molecule has 1 aliphatic rings. The van der Waals surface area contributed by atoms with E-state index in [1.165, 1.54) is 12.8 Å². The maximum absolute atomic E-state index is 12.4. The first-order valence-corrected chi connectivity index (χ1v) is 9.13. The Bertz CT molecular complexity index is 907. The van der Waals surface area contributed by atoms with E-state index < -0.39 is 0 Å². The third-order valence-electron chi connectivity index (χ3n) is 4.65. The van der Waals surface area contributed by atoms with E-state index in [1.54, 1.807) is 18.1 Å². The van der Waals surface area contributed by atoms with Gasteiger partial charge in [0.2, 0.25) is 0 Å². The number of fused-ring (bicyclic) bond motifs is 1. The number of hydrogen-bond acceptors (Lipinski definition) is 4. The number of hydrogen-bond donors (Lipinski definition) is 2. The van der Waals surface area contributed by atoms with Gasteiger partial charge in [-0.15, -0.1) is 0 Å². The molecule has 0 saturated heterocycles.